The average molecular weight is 206 g/mol. The molecule has 2 nitrogen and oxygen atoms in total. The molecule has 0 bridgehead atoms. The third kappa shape index (κ3) is 9.93. The van der Waals surface area contributed by atoms with Gasteiger partial charge in [-0.05, 0) is 12.8 Å². The fourth-order valence-corrected chi connectivity index (χ4v) is 1.45. The summed E-state index contributed by atoms with van der Waals surface area (Å²) >= 11 is 0. The molecule has 3 heteroatoms. The molecule has 14 heavy (non-hydrogen) atoms. The first kappa shape index (κ1) is 13.8. The second kappa shape index (κ2) is 10.9. The van der Waals surface area contributed by atoms with Crippen LogP contribution >= 0.6 is 0 Å². The molecule has 2 N–H and O–H groups in total. The third-order valence-electron chi connectivity index (χ3n) is 2.38. The molecule has 0 aliphatic heterocycles. The van der Waals surface area contributed by atoms with Gasteiger partial charge in [0, 0.05) is 0 Å². The van der Waals surface area contributed by atoms with E-state index in [0.717, 1.165) is 38.5 Å². The molecule has 1 atom stereocenters. The highest BCUT2D eigenvalue weighted by atomic mass is 19.1. The van der Waals surface area contributed by atoms with Crippen LogP contribution in [0.2, 0.25) is 0 Å². The van der Waals surface area contributed by atoms with Crippen LogP contribution in [0.1, 0.15) is 51.4 Å². The van der Waals surface area contributed by atoms with E-state index >= 15 is 0 Å². The quantitative estimate of drug-likeness (QED) is 0.539. The van der Waals surface area contributed by atoms with Crippen LogP contribution in [0.25, 0.3) is 0 Å². The van der Waals surface area contributed by atoms with Crippen LogP contribution in [0.5, 0.6) is 0 Å². The van der Waals surface area contributed by atoms with Gasteiger partial charge in [0.25, 0.3) is 0 Å². The van der Waals surface area contributed by atoms with Gasteiger partial charge < -0.3 is 10.2 Å². The van der Waals surface area contributed by atoms with E-state index < -0.39 is 6.10 Å². The first-order valence-corrected chi connectivity index (χ1v) is 5.66. The summed E-state index contributed by atoms with van der Waals surface area (Å²) in [7, 11) is 0. The van der Waals surface area contributed by atoms with Gasteiger partial charge >= 0.3 is 0 Å². The molecule has 0 heterocycles. The van der Waals surface area contributed by atoms with Crippen LogP contribution in [0, 0.1) is 0 Å². The molecule has 0 fully saturated rings. The standard InChI is InChI=1S/C11H23FO2/c12-9-7-5-3-1-2-4-6-8-11(14)10-13/h11,13-14H,1-10H2. The SMILES string of the molecule is OCC(O)CCCCCCCCCF. The molecular formula is C11H23FO2. The van der Waals surface area contributed by atoms with Gasteiger partial charge in [-0.25, -0.2) is 0 Å². The number of aliphatic hydroxyl groups is 2. The van der Waals surface area contributed by atoms with E-state index in [4.69, 9.17) is 10.2 Å². The van der Waals surface area contributed by atoms with Crippen molar-refractivity contribution in [2.45, 2.75) is 57.5 Å². The molecule has 0 spiro atoms. The monoisotopic (exact) mass is 206 g/mol. The largest absolute Gasteiger partial charge is 0.394 e. The van der Waals surface area contributed by atoms with Crippen molar-refractivity contribution in [1.29, 1.82) is 0 Å². The topological polar surface area (TPSA) is 40.5 Å². The normalized spacial score (nSPS) is 13.1. The fraction of sp³-hybridized carbons (Fsp3) is 1.00. The number of hydrogen-bond acceptors (Lipinski definition) is 2. The van der Waals surface area contributed by atoms with Crippen LogP contribution in [0.15, 0.2) is 0 Å². The van der Waals surface area contributed by atoms with Crippen LogP contribution in [0.3, 0.4) is 0 Å². The van der Waals surface area contributed by atoms with Crippen molar-refractivity contribution in [3.63, 3.8) is 0 Å². The lowest BCUT2D eigenvalue weighted by Crippen LogP contribution is -2.10. The molecule has 0 radical (unpaired) electrons. The molecule has 1 unspecified atom stereocenters. The van der Waals surface area contributed by atoms with Gasteiger partial charge in [0.2, 0.25) is 0 Å². The lowest BCUT2D eigenvalue weighted by molar-refractivity contribution is 0.0860. The Hall–Kier alpha value is -0.150. The van der Waals surface area contributed by atoms with Gasteiger partial charge in [0.15, 0.2) is 0 Å². The Morgan fingerprint density at radius 2 is 1.36 bits per heavy atom. The van der Waals surface area contributed by atoms with Crippen LogP contribution < -0.4 is 0 Å². The maximum absolute atomic E-state index is 11.7. The van der Waals surface area contributed by atoms with Gasteiger partial charge in [-0.3, -0.25) is 4.39 Å². The molecule has 0 amide bonds. The molecule has 0 aromatic rings. The summed E-state index contributed by atoms with van der Waals surface area (Å²) in [5.74, 6) is 0. The lowest BCUT2D eigenvalue weighted by Gasteiger charge is -2.05. The van der Waals surface area contributed by atoms with E-state index in [1.54, 1.807) is 0 Å². The van der Waals surface area contributed by atoms with E-state index in [1.807, 2.05) is 0 Å². The highest BCUT2D eigenvalue weighted by molar-refractivity contribution is 4.53. The zero-order valence-electron chi connectivity index (χ0n) is 8.92. The number of hydrogen-bond donors (Lipinski definition) is 2. The Balaban J connectivity index is 2.92. The molecule has 86 valence electrons. The van der Waals surface area contributed by atoms with Gasteiger partial charge in [0.05, 0.1) is 19.4 Å². The second-order valence-corrected chi connectivity index (χ2v) is 3.79. The van der Waals surface area contributed by atoms with Gasteiger partial charge in [0.1, 0.15) is 0 Å². The summed E-state index contributed by atoms with van der Waals surface area (Å²) < 4.78 is 11.7. The number of alkyl halides is 1. The third-order valence-corrected chi connectivity index (χ3v) is 2.38. The van der Waals surface area contributed by atoms with E-state index in [1.165, 1.54) is 0 Å². The van der Waals surface area contributed by atoms with Gasteiger partial charge in [-0.1, -0.05) is 38.5 Å². The summed E-state index contributed by atoms with van der Waals surface area (Å²) in [6.45, 7) is -0.320. The van der Waals surface area contributed by atoms with Crippen molar-refractivity contribution in [2.24, 2.45) is 0 Å². The number of unbranched alkanes of at least 4 members (excludes halogenated alkanes) is 6. The van der Waals surface area contributed by atoms with E-state index in [2.05, 4.69) is 0 Å². The molecule has 0 aromatic heterocycles. The number of halogens is 1. The summed E-state index contributed by atoms with van der Waals surface area (Å²) in [6, 6.07) is 0. The summed E-state index contributed by atoms with van der Waals surface area (Å²) in [5, 5.41) is 17.6. The maximum Gasteiger partial charge on any atom is 0.0894 e. The Kier molecular flexibility index (Phi) is 10.8. The summed E-state index contributed by atoms with van der Waals surface area (Å²) in [5.41, 5.74) is 0. The van der Waals surface area contributed by atoms with E-state index in [0.29, 0.717) is 12.8 Å². The van der Waals surface area contributed by atoms with Gasteiger partial charge in [-0.2, -0.15) is 0 Å². The van der Waals surface area contributed by atoms with Crippen LogP contribution in [-0.2, 0) is 0 Å². The Labute approximate surface area is 86.1 Å². The summed E-state index contributed by atoms with van der Waals surface area (Å²) in [6.07, 6.45) is 7.37. The predicted molar refractivity (Wildman–Crippen MR) is 56.0 cm³/mol. The van der Waals surface area contributed by atoms with Crippen LogP contribution in [-0.4, -0.2) is 29.6 Å². The van der Waals surface area contributed by atoms with Crippen molar-refractivity contribution < 1.29 is 14.6 Å². The number of rotatable bonds is 10. The first-order valence-electron chi connectivity index (χ1n) is 5.66. The zero-order valence-corrected chi connectivity index (χ0v) is 8.92. The minimum absolute atomic E-state index is 0.128. The molecule has 0 saturated carbocycles. The Morgan fingerprint density at radius 3 is 1.86 bits per heavy atom. The van der Waals surface area contributed by atoms with Crippen molar-refractivity contribution in [2.75, 3.05) is 13.3 Å². The molecule has 0 aromatic carbocycles. The smallest absolute Gasteiger partial charge is 0.0894 e. The lowest BCUT2D eigenvalue weighted by atomic mass is 10.1. The first-order chi connectivity index (χ1) is 6.81. The highest BCUT2D eigenvalue weighted by Crippen LogP contribution is 2.09. The fourth-order valence-electron chi connectivity index (χ4n) is 1.45. The number of aliphatic hydroxyl groups excluding tert-OH is 2. The predicted octanol–water partition coefficient (Wildman–Crippen LogP) is 2.43. The van der Waals surface area contributed by atoms with Crippen molar-refractivity contribution in [3.05, 3.63) is 0 Å². The molecule has 0 aliphatic carbocycles. The van der Waals surface area contributed by atoms with Crippen molar-refractivity contribution in [3.8, 4) is 0 Å². The highest BCUT2D eigenvalue weighted by Gasteiger charge is 2.00. The molecular weight excluding hydrogens is 183 g/mol. The summed E-state index contributed by atoms with van der Waals surface area (Å²) in [4.78, 5) is 0. The zero-order chi connectivity index (χ0) is 10.6. The molecule has 0 saturated heterocycles. The maximum atomic E-state index is 11.7. The average Bonchev–Trinajstić information content (AvgIpc) is 2.21. The molecule has 0 rings (SSSR count). The minimum atomic E-state index is -0.540. The van der Waals surface area contributed by atoms with Gasteiger partial charge in [-0.15, -0.1) is 0 Å². The van der Waals surface area contributed by atoms with Crippen LogP contribution in [0.4, 0.5) is 4.39 Å². The Bertz CT molecular complexity index is 109. The van der Waals surface area contributed by atoms with E-state index in [-0.39, 0.29) is 13.3 Å². The van der Waals surface area contributed by atoms with Crippen molar-refractivity contribution in [1.82, 2.24) is 0 Å². The Morgan fingerprint density at radius 1 is 0.857 bits per heavy atom. The molecule has 0 aliphatic rings. The van der Waals surface area contributed by atoms with Crippen molar-refractivity contribution >= 4 is 0 Å². The second-order valence-electron chi connectivity index (χ2n) is 3.79. The van der Waals surface area contributed by atoms with E-state index in [9.17, 15) is 4.39 Å². The minimum Gasteiger partial charge on any atom is -0.394 e.